The van der Waals surface area contributed by atoms with Crippen LogP contribution < -0.4 is 5.32 Å². The summed E-state index contributed by atoms with van der Waals surface area (Å²) in [6.07, 6.45) is 1.55. The second kappa shape index (κ2) is 6.28. The van der Waals surface area contributed by atoms with Crippen molar-refractivity contribution in [3.8, 4) is 11.5 Å². The highest BCUT2D eigenvalue weighted by Gasteiger charge is 2.17. The second-order valence-corrected chi connectivity index (χ2v) is 4.76. The normalized spacial score (nSPS) is 12.0. The maximum absolute atomic E-state index is 12.2. The lowest BCUT2D eigenvalue weighted by Crippen LogP contribution is -2.31. The lowest BCUT2D eigenvalue weighted by atomic mass is 10.1. The summed E-state index contributed by atoms with van der Waals surface area (Å²) in [6, 6.07) is 13.9. The Kier molecular flexibility index (Phi) is 4.02. The van der Waals surface area contributed by atoms with Crippen LogP contribution in [0.5, 0.6) is 0 Å². The van der Waals surface area contributed by atoms with Crippen LogP contribution in [0.4, 0.5) is 0 Å². The van der Waals surface area contributed by atoms with E-state index in [2.05, 4.69) is 15.5 Å². The molecule has 3 N–H and O–H groups in total. The third kappa shape index (κ3) is 2.91. The summed E-state index contributed by atoms with van der Waals surface area (Å²) in [5.74, 6) is 0.241. The number of furan rings is 1. The average Bonchev–Trinajstić information content (AvgIpc) is 3.23. The monoisotopic (exact) mass is 297 g/mol. The van der Waals surface area contributed by atoms with E-state index in [1.54, 1.807) is 24.5 Å². The zero-order valence-corrected chi connectivity index (χ0v) is 11.7. The van der Waals surface area contributed by atoms with E-state index < -0.39 is 6.04 Å². The molecule has 0 bridgehead atoms. The van der Waals surface area contributed by atoms with Crippen molar-refractivity contribution in [2.75, 3.05) is 6.61 Å². The molecular formula is C16H15N3O3. The van der Waals surface area contributed by atoms with Crippen molar-refractivity contribution >= 4 is 5.91 Å². The number of nitrogens with zero attached hydrogens (tertiary/aromatic N) is 1. The summed E-state index contributed by atoms with van der Waals surface area (Å²) in [5, 5.41) is 19.0. The summed E-state index contributed by atoms with van der Waals surface area (Å²) in [4.78, 5) is 12.2. The topological polar surface area (TPSA) is 91.1 Å². The van der Waals surface area contributed by atoms with Crippen LogP contribution in [-0.4, -0.2) is 27.8 Å². The third-order valence-electron chi connectivity index (χ3n) is 3.29. The minimum atomic E-state index is -0.475. The Morgan fingerprint density at radius 2 is 2.09 bits per heavy atom. The first kappa shape index (κ1) is 14.1. The molecule has 0 unspecified atom stereocenters. The SMILES string of the molecule is O=C(N[C@@H](CO)c1ccccc1)c1cc(-c2ccco2)[nH]n1. The molecule has 112 valence electrons. The average molecular weight is 297 g/mol. The van der Waals surface area contributed by atoms with Crippen LogP contribution in [0.25, 0.3) is 11.5 Å². The van der Waals surface area contributed by atoms with Crippen molar-refractivity contribution in [3.05, 3.63) is 66.1 Å². The number of hydrogen-bond donors (Lipinski definition) is 3. The van der Waals surface area contributed by atoms with Gasteiger partial charge in [-0.2, -0.15) is 5.10 Å². The molecule has 3 aromatic rings. The largest absolute Gasteiger partial charge is 0.463 e. The molecule has 1 aromatic carbocycles. The maximum atomic E-state index is 12.2. The summed E-state index contributed by atoms with van der Waals surface area (Å²) in [6.45, 7) is -0.189. The number of nitrogens with one attached hydrogen (secondary N) is 2. The third-order valence-corrected chi connectivity index (χ3v) is 3.29. The minimum Gasteiger partial charge on any atom is -0.463 e. The second-order valence-electron chi connectivity index (χ2n) is 4.76. The fourth-order valence-electron chi connectivity index (χ4n) is 2.15. The number of aromatic amines is 1. The molecule has 0 aliphatic heterocycles. The molecule has 2 heterocycles. The van der Waals surface area contributed by atoms with Crippen molar-refractivity contribution in [2.45, 2.75) is 6.04 Å². The van der Waals surface area contributed by atoms with Gasteiger partial charge in [0.05, 0.1) is 18.9 Å². The number of carbonyl (C=O) groups excluding carboxylic acids is 1. The quantitative estimate of drug-likeness (QED) is 0.673. The van der Waals surface area contributed by atoms with Gasteiger partial charge in [-0.1, -0.05) is 30.3 Å². The van der Waals surface area contributed by atoms with Crippen LogP contribution in [0.1, 0.15) is 22.1 Å². The summed E-state index contributed by atoms with van der Waals surface area (Å²) < 4.78 is 5.24. The van der Waals surface area contributed by atoms with Gasteiger partial charge in [-0.15, -0.1) is 0 Å². The molecule has 6 heteroatoms. The Morgan fingerprint density at radius 3 is 2.77 bits per heavy atom. The number of aliphatic hydroxyl groups excluding tert-OH is 1. The Bertz CT molecular complexity index is 735. The lowest BCUT2D eigenvalue weighted by molar-refractivity contribution is 0.0911. The predicted molar refractivity (Wildman–Crippen MR) is 80.0 cm³/mol. The van der Waals surface area contributed by atoms with Crippen molar-refractivity contribution in [3.63, 3.8) is 0 Å². The van der Waals surface area contributed by atoms with E-state index in [1.165, 1.54) is 0 Å². The van der Waals surface area contributed by atoms with Gasteiger partial charge < -0.3 is 14.8 Å². The number of hydrogen-bond acceptors (Lipinski definition) is 4. The van der Waals surface area contributed by atoms with Gasteiger partial charge in [-0.3, -0.25) is 9.89 Å². The van der Waals surface area contributed by atoms with Crippen LogP contribution in [-0.2, 0) is 0 Å². The zero-order chi connectivity index (χ0) is 15.4. The zero-order valence-electron chi connectivity index (χ0n) is 11.7. The molecule has 0 fully saturated rings. The van der Waals surface area contributed by atoms with Crippen molar-refractivity contribution in [1.82, 2.24) is 15.5 Å². The maximum Gasteiger partial charge on any atom is 0.272 e. The number of amides is 1. The van der Waals surface area contributed by atoms with E-state index in [1.807, 2.05) is 30.3 Å². The van der Waals surface area contributed by atoms with Crippen LogP contribution in [0, 0.1) is 0 Å². The van der Waals surface area contributed by atoms with Gasteiger partial charge >= 0.3 is 0 Å². The molecule has 0 spiro atoms. The Labute approximate surface area is 126 Å². The van der Waals surface area contributed by atoms with E-state index in [9.17, 15) is 9.90 Å². The highest BCUT2D eigenvalue weighted by molar-refractivity contribution is 5.93. The first-order chi connectivity index (χ1) is 10.8. The lowest BCUT2D eigenvalue weighted by Gasteiger charge is -2.15. The molecule has 0 radical (unpaired) electrons. The first-order valence-electron chi connectivity index (χ1n) is 6.84. The van der Waals surface area contributed by atoms with E-state index in [0.717, 1.165) is 5.56 Å². The molecule has 0 aliphatic rings. The smallest absolute Gasteiger partial charge is 0.272 e. The fourth-order valence-corrected chi connectivity index (χ4v) is 2.15. The minimum absolute atomic E-state index is 0.189. The van der Waals surface area contributed by atoms with Crippen LogP contribution >= 0.6 is 0 Å². The van der Waals surface area contributed by atoms with E-state index in [4.69, 9.17) is 4.42 Å². The van der Waals surface area contributed by atoms with Gasteiger partial charge in [0.25, 0.3) is 5.91 Å². The van der Waals surface area contributed by atoms with Gasteiger partial charge in [-0.25, -0.2) is 0 Å². The van der Waals surface area contributed by atoms with Crippen molar-refractivity contribution in [1.29, 1.82) is 0 Å². The molecule has 22 heavy (non-hydrogen) atoms. The molecule has 2 aromatic heterocycles. The van der Waals surface area contributed by atoms with Crippen LogP contribution in [0.3, 0.4) is 0 Å². The van der Waals surface area contributed by atoms with Crippen molar-refractivity contribution in [2.24, 2.45) is 0 Å². The molecule has 1 amide bonds. The van der Waals surface area contributed by atoms with E-state index >= 15 is 0 Å². The molecule has 0 saturated carbocycles. The molecule has 0 saturated heterocycles. The number of rotatable bonds is 5. The summed E-state index contributed by atoms with van der Waals surface area (Å²) >= 11 is 0. The highest BCUT2D eigenvalue weighted by atomic mass is 16.3. The summed E-state index contributed by atoms with van der Waals surface area (Å²) in [5.41, 5.74) is 1.69. The van der Waals surface area contributed by atoms with Gasteiger partial charge in [0.15, 0.2) is 11.5 Å². The standard InChI is InChI=1S/C16H15N3O3/c20-10-14(11-5-2-1-3-6-11)17-16(21)13-9-12(18-19-13)15-7-4-8-22-15/h1-9,14,20H,10H2,(H,17,21)(H,18,19)/t14-/m0/s1. The molecule has 3 rings (SSSR count). The van der Waals surface area contributed by atoms with Gasteiger partial charge in [-0.05, 0) is 17.7 Å². The molecule has 0 aliphatic carbocycles. The van der Waals surface area contributed by atoms with Gasteiger partial charge in [0, 0.05) is 6.07 Å². The van der Waals surface area contributed by atoms with Gasteiger partial charge in [0.1, 0.15) is 5.69 Å². The first-order valence-corrected chi connectivity index (χ1v) is 6.84. The molecule has 6 nitrogen and oxygen atoms in total. The highest BCUT2D eigenvalue weighted by Crippen LogP contribution is 2.18. The Morgan fingerprint density at radius 1 is 1.27 bits per heavy atom. The number of benzene rings is 1. The fraction of sp³-hybridized carbons (Fsp3) is 0.125. The van der Waals surface area contributed by atoms with Crippen LogP contribution in [0.15, 0.2) is 59.2 Å². The number of H-pyrrole nitrogens is 1. The Balaban J connectivity index is 1.74. The number of aromatic nitrogens is 2. The summed E-state index contributed by atoms with van der Waals surface area (Å²) in [7, 11) is 0. The number of carbonyl (C=O) groups is 1. The van der Waals surface area contributed by atoms with E-state index in [-0.39, 0.29) is 18.2 Å². The Hall–Kier alpha value is -2.86. The predicted octanol–water partition coefficient (Wildman–Crippen LogP) is 2.13. The van der Waals surface area contributed by atoms with Gasteiger partial charge in [0.2, 0.25) is 0 Å². The molecule has 1 atom stereocenters. The molecular weight excluding hydrogens is 282 g/mol. The number of aliphatic hydroxyl groups is 1. The van der Waals surface area contributed by atoms with E-state index in [0.29, 0.717) is 11.5 Å². The van der Waals surface area contributed by atoms with Crippen LogP contribution in [0.2, 0.25) is 0 Å². The van der Waals surface area contributed by atoms with Crippen molar-refractivity contribution < 1.29 is 14.3 Å².